The molecular formula is C24H24N6O3. The topological polar surface area (TPSA) is 95.1 Å². The van der Waals surface area contributed by atoms with Crippen molar-refractivity contribution in [3.05, 3.63) is 65.6 Å². The number of fused-ring (bicyclic) bond motifs is 1. The first-order valence-corrected chi connectivity index (χ1v) is 10.8. The van der Waals surface area contributed by atoms with Crippen LogP contribution in [0.1, 0.15) is 12.8 Å². The molecule has 1 amide bonds. The van der Waals surface area contributed by atoms with E-state index in [1.807, 2.05) is 19.3 Å². The molecule has 168 valence electrons. The lowest BCUT2D eigenvalue weighted by atomic mass is 9.97. The van der Waals surface area contributed by atoms with E-state index >= 15 is 0 Å². The van der Waals surface area contributed by atoms with E-state index in [2.05, 4.69) is 15.1 Å². The van der Waals surface area contributed by atoms with Gasteiger partial charge < -0.3 is 9.64 Å². The first-order valence-electron chi connectivity index (χ1n) is 10.8. The Morgan fingerprint density at radius 3 is 2.76 bits per heavy atom. The third kappa shape index (κ3) is 4.21. The van der Waals surface area contributed by atoms with E-state index in [1.165, 1.54) is 10.9 Å². The Bertz CT molecular complexity index is 1390. The summed E-state index contributed by atoms with van der Waals surface area (Å²) in [6, 6.07) is 8.83. The van der Waals surface area contributed by atoms with Crippen molar-refractivity contribution in [2.75, 3.05) is 13.6 Å². The fourth-order valence-electron chi connectivity index (χ4n) is 4.18. The number of carbonyl (C=O) groups excluding carboxylic acids is 1. The number of nitrogens with zero attached hydrogens (tertiary/aromatic N) is 6. The molecule has 1 saturated heterocycles. The molecule has 5 rings (SSSR count). The molecule has 33 heavy (non-hydrogen) atoms. The molecule has 0 bridgehead atoms. The number of ether oxygens (including phenoxy) is 1. The summed E-state index contributed by atoms with van der Waals surface area (Å²) in [7, 11) is 3.65. The zero-order valence-electron chi connectivity index (χ0n) is 18.5. The van der Waals surface area contributed by atoms with Crippen molar-refractivity contribution in [1.29, 1.82) is 0 Å². The number of rotatable bonds is 5. The van der Waals surface area contributed by atoms with E-state index in [0.717, 1.165) is 30.6 Å². The van der Waals surface area contributed by atoms with Crippen LogP contribution in [0, 0.1) is 5.92 Å². The highest BCUT2D eigenvalue weighted by Crippen LogP contribution is 2.27. The summed E-state index contributed by atoms with van der Waals surface area (Å²) in [6.07, 6.45) is 8.53. The number of carbonyl (C=O) groups is 1. The SMILES string of the molecule is CN1CCCC(Cn2cnc3ccc(Oc4ccnc(-c5cnn(C)c5)c4)cc3c2=O)C1=O. The van der Waals surface area contributed by atoms with Crippen LogP contribution >= 0.6 is 0 Å². The van der Waals surface area contributed by atoms with Gasteiger partial charge in [-0.1, -0.05) is 0 Å². The van der Waals surface area contributed by atoms with Crippen LogP contribution in [-0.4, -0.2) is 48.7 Å². The van der Waals surface area contributed by atoms with E-state index in [4.69, 9.17) is 4.74 Å². The maximum Gasteiger partial charge on any atom is 0.261 e. The Labute approximate surface area is 190 Å². The van der Waals surface area contributed by atoms with E-state index in [-0.39, 0.29) is 17.4 Å². The second kappa shape index (κ2) is 8.50. The van der Waals surface area contributed by atoms with Crippen LogP contribution in [0.4, 0.5) is 0 Å². The van der Waals surface area contributed by atoms with Crippen LogP contribution in [0.15, 0.2) is 60.0 Å². The number of hydrogen-bond donors (Lipinski definition) is 0. The van der Waals surface area contributed by atoms with E-state index in [9.17, 15) is 9.59 Å². The quantitative estimate of drug-likeness (QED) is 0.470. The molecule has 3 aromatic heterocycles. The summed E-state index contributed by atoms with van der Waals surface area (Å²) in [5.41, 5.74) is 2.03. The van der Waals surface area contributed by atoms with Crippen molar-refractivity contribution in [1.82, 2.24) is 29.2 Å². The Morgan fingerprint density at radius 1 is 1.09 bits per heavy atom. The lowest BCUT2D eigenvalue weighted by Crippen LogP contribution is -2.41. The number of hydrogen-bond acceptors (Lipinski definition) is 6. The molecule has 1 unspecified atom stereocenters. The zero-order valence-corrected chi connectivity index (χ0v) is 18.5. The number of amides is 1. The second-order valence-corrected chi connectivity index (χ2v) is 8.36. The molecule has 1 aromatic carbocycles. The van der Waals surface area contributed by atoms with E-state index < -0.39 is 0 Å². The molecular weight excluding hydrogens is 420 g/mol. The summed E-state index contributed by atoms with van der Waals surface area (Å²) < 4.78 is 9.27. The Hall–Kier alpha value is -4.01. The fraction of sp³-hybridized carbons (Fsp3) is 0.292. The number of piperidine rings is 1. The molecule has 0 spiro atoms. The minimum Gasteiger partial charge on any atom is -0.457 e. The van der Waals surface area contributed by atoms with Crippen LogP contribution in [0.5, 0.6) is 11.5 Å². The molecule has 0 saturated carbocycles. The largest absolute Gasteiger partial charge is 0.457 e. The van der Waals surface area contributed by atoms with Gasteiger partial charge in [-0.2, -0.15) is 5.10 Å². The first kappa shape index (κ1) is 20.9. The minimum atomic E-state index is -0.206. The molecule has 4 aromatic rings. The van der Waals surface area contributed by atoms with Crippen molar-refractivity contribution in [3.8, 4) is 22.8 Å². The summed E-state index contributed by atoms with van der Waals surface area (Å²) in [4.78, 5) is 36.1. The van der Waals surface area contributed by atoms with Gasteiger partial charge in [-0.25, -0.2) is 4.98 Å². The summed E-state index contributed by atoms with van der Waals surface area (Å²) >= 11 is 0. The lowest BCUT2D eigenvalue weighted by molar-refractivity contribution is -0.137. The molecule has 0 N–H and O–H groups in total. The summed E-state index contributed by atoms with van der Waals surface area (Å²) in [6.45, 7) is 1.09. The van der Waals surface area contributed by atoms with Gasteiger partial charge in [-0.05, 0) is 37.1 Å². The van der Waals surface area contributed by atoms with E-state index in [0.29, 0.717) is 28.9 Å². The van der Waals surface area contributed by atoms with Gasteiger partial charge in [0, 0.05) is 51.2 Å². The van der Waals surface area contributed by atoms with Crippen molar-refractivity contribution in [2.45, 2.75) is 19.4 Å². The maximum atomic E-state index is 13.2. The van der Waals surface area contributed by atoms with Gasteiger partial charge in [-0.15, -0.1) is 0 Å². The van der Waals surface area contributed by atoms with Crippen LogP contribution in [-0.2, 0) is 18.4 Å². The normalized spacial score (nSPS) is 16.4. The number of aromatic nitrogens is 5. The maximum absolute atomic E-state index is 13.2. The molecule has 1 fully saturated rings. The van der Waals surface area contributed by atoms with Gasteiger partial charge in [0.1, 0.15) is 11.5 Å². The zero-order chi connectivity index (χ0) is 22.9. The van der Waals surface area contributed by atoms with Gasteiger partial charge in [0.25, 0.3) is 5.56 Å². The van der Waals surface area contributed by atoms with Gasteiger partial charge in [-0.3, -0.25) is 23.8 Å². The fourth-order valence-corrected chi connectivity index (χ4v) is 4.18. The predicted octanol–water partition coefficient (Wildman–Crippen LogP) is 2.85. The highest BCUT2D eigenvalue weighted by molar-refractivity contribution is 5.80. The average molecular weight is 444 g/mol. The molecule has 4 heterocycles. The Kier molecular flexibility index (Phi) is 5.37. The monoisotopic (exact) mass is 444 g/mol. The standard InChI is InChI=1S/C24H24N6O3/c1-28-9-3-4-16(23(28)31)14-30-15-26-21-6-5-18(10-20(21)24(30)32)33-19-7-8-25-22(11-19)17-12-27-29(2)13-17/h5-8,10-13,15-16H,3-4,9,14H2,1-2H3. The molecule has 1 aliphatic heterocycles. The molecule has 9 heteroatoms. The van der Waals surface area contributed by atoms with Gasteiger partial charge in [0.05, 0.1) is 35.0 Å². The Morgan fingerprint density at radius 2 is 1.94 bits per heavy atom. The van der Waals surface area contributed by atoms with Crippen LogP contribution < -0.4 is 10.3 Å². The van der Waals surface area contributed by atoms with Crippen molar-refractivity contribution >= 4 is 16.8 Å². The average Bonchev–Trinajstić information content (AvgIpc) is 3.25. The Balaban J connectivity index is 1.42. The molecule has 1 atom stereocenters. The number of likely N-dealkylation sites (tertiary alicyclic amines) is 1. The molecule has 0 radical (unpaired) electrons. The van der Waals surface area contributed by atoms with Crippen LogP contribution in [0.3, 0.4) is 0 Å². The molecule has 9 nitrogen and oxygen atoms in total. The van der Waals surface area contributed by atoms with Crippen molar-refractivity contribution < 1.29 is 9.53 Å². The number of aryl methyl sites for hydroxylation is 1. The smallest absolute Gasteiger partial charge is 0.261 e. The first-order chi connectivity index (χ1) is 16.0. The summed E-state index contributed by atoms with van der Waals surface area (Å²) in [5.74, 6) is 0.995. The lowest BCUT2D eigenvalue weighted by Gasteiger charge is -2.29. The number of pyridine rings is 1. The van der Waals surface area contributed by atoms with Crippen LogP contribution in [0.2, 0.25) is 0 Å². The summed E-state index contributed by atoms with van der Waals surface area (Å²) in [5, 5.41) is 4.63. The molecule has 0 aliphatic carbocycles. The van der Waals surface area contributed by atoms with Crippen LogP contribution in [0.25, 0.3) is 22.2 Å². The van der Waals surface area contributed by atoms with E-state index in [1.54, 1.807) is 53.3 Å². The van der Waals surface area contributed by atoms with Crippen molar-refractivity contribution in [3.63, 3.8) is 0 Å². The second-order valence-electron chi connectivity index (χ2n) is 8.36. The highest BCUT2D eigenvalue weighted by atomic mass is 16.5. The highest BCUT2D eigenvalue weighted by Gasteiger charge is 2.27. The third-order valence-corrected chi connectivity index (χ3v) is 5.95. The van der Waals surface area contributed by atoms with Gasteiger partial charge in [0.15, 0.2) is 0 Å². The third-order valence-electron chi connectivity index (χ3n) is 5.95. The van der Waals surface area contributed by atoms with Gasteiger partial charge in [0.2, 0.25) is 5.91 Å². The van der Waals surface area contributed by atoms with Crippen molar-refractivity contribution in [2.24, 2.45) is 13.0 Å². The van der Waals surface area contributed by atoms with Gasteiger partial charge >= 0.3 is 0 Å². The minimum absolute atomic E-state index is 0.0763. The molecule has 1 aliphatic rings. The number of benzene rings is 1. The predicted molar refractivity (Wildman–Crippen MR) is 123 cm³/mol.